The quantitative estimate of drug-likeness (QED) is 0.161. The normalized spacial score (nSPS) is 11.4. The number of rotatable bonds is 7. The van der Waals surface area contributed by atoms with Crippen molar-refractivity contribution in [1.82, 2.24) is 24.1 Å². The van der Waals surface area contributed by atoms with Gasteiger partial charge in [0.25, 0.3) is 0 Å². The minimum Gasteiger partial charge on any atom is -0.309 e. The van der Waals surface area contributed by atoms with E-state index in [-0.39, 0.29) is 0 Å². The van der Waals surface area contributed by atoms with Gasteiger partial charge in [-0.15, -0.1) is 0 Å². The third-order valence-electron chi connectivity index (χ3n) is 12.2. The number of para-hydroxylation sites is 2. The van der Waals surface area contributed by atoms with E-state index in [4.69, 9.17) is 15.0 Å². The predicted molar refractivity (Wildman–Crippen MR) is 260 cm³/mol. The summed E-state index contributed by atoms with van der Waals surface area (Å²) in [5.74, 6) is 1.80. The van der Waals surface area contributed by atoms with Gasteiger partial charge in [0.1, 0.15) is 0 Å². The van der Waals surface area contributed by atoms with E-state index in [1.165, 1.54) is 0 Å². The van der Waals surface area contributed by atoms with Gasteiger partial charge in [0.2, 0.25) is 0 Å². The van der Waals surface area contributed by atoms with Gasteiger partial charge in [-0.2, -0.15) is 5.26 Å². The summed E-state index contributed by atoms with van der Waals surface area (Å²) in [7, 11) is 0. The van der Waals surface area contributed by atoms with Crippen LogP contribution in [0.25, 0.3) is 111 Å². The molecule has 0 aliphatic heterocycles. The van der Waals surface area contributed by atoms with Gasteiger partial charge in [-0.05, 0) is 82.9 Å². The number of fused-ring (bicyclic) bond motifs is 6. The van der Waals surface area contributed by atoms with Crippen molar-refractivity contribution in [3.8, 4) is 73.9 Å². The van der Waals surface area contributed by atoms with E-state index in [0.717, 1.165) is 93.9 Å². The highest BCUT2D eigenvalue weighted by atomic mass is 15.0. The Morgan fingerprint density at radius 2 is 0.750 bits per heavy atom. The van der Waals surface area contributed by atoms with Gasteiger partial charge in [0.15, 0.2) is 17.5 Å². The van der Waals surface area contributed by atoms with Crippen LogP contribution in [0, 0.1) is 11.3 Å². The fraction of sp³-hybridized carbons (Fsp3) is 0. The van der Waals surface area contributed by atoms with Crippen LogP contribution in [0.1, 0.15) is 5.56 Å². The first-order valence-electron chi connectivity index (χ1n) is 21.3. The molecular weight excluding hydrogens is 781 g/mol. The molecule has 0 aliphatic rings. The van der Waals surface area contributed by atoms with Crippen molar-refractivity contribution in [1.29, 1.82) is 5.26 Å². The van der Waals surface area contributed by atoms with Crippen molar-refractivity contribution >= 4 is 43.6 Å². The molecular formula is C58H36N6. The highest BCUT2D eigenvalue weighted by Crippen LogP contribution is 2.40. The van der Waals surface area contributed by atoms with Crippen molar-refractivity contribution in [3.05, 3.63) is 224 Å². The van der Waals surface area contributed by atoms with Crippen molar-refractivity contribution in [2.45, 2.75) is 0 Å². The van der Waals surface area contributed by atoms with E-state index in [1.54, 1.807) is 0 Å². The minimum atomic E-state index is 0.589. The summed E-state index contributed by atoms with van der Waals surface area (Å²) in [6.07, 6.45) is 0. The average molecular weight is 817 g/mol. The molecule has 0 atom stereocenters. The molecule has 0 N–H and O–H groups in total. The molecule has 298 valence electrons. The lowest BCUT2D eigenvalue weighted by atomic mass is 9.98. The lowest BCUT2D eigenvalue weighted by molar-refractivity contribution is 1.07. The molecule has 3 heterocycles. The second-order valence-electron chi connectivity index (χ2n) is 16.0. The lowest BCUT2D eigenvalue weighted by Gasteiger charge is -2.16. The lowest BCUT2D eigenvalue weighted by Crippen LogP contribution is -2.02. The van der Waals surface area contributed by atoms with Gasteiger partial charge >= 0.3 is 0 Å². The van der Waals surface area contributed by atoms with Gasteiger partial charge in [-0.25, -0.2) is 15.0 Å². The zero-order chi connectivity index (χ0) is 42.6. The zero-order valence-electron chi connectivity index (χ0n) is 34.5. The molecule has 12 aromatic rings. The van der Waals surface area contributed by atoms with Gasteiger partial charge < -0.3 is 9.13 Å². The Bertz CT molecular complexity index is 3770. The maximum absolute atomic E-state index is 9.75. The smallest absolute Gasteiger partial charge is 0.164 e. The van der Waals surface area contributed by atoms with Gasteiger partial charge in [-0.3, -0.25) is 0 Å². The number of aromatic nitrogens is 5. The largest absolute Gasteiger partial charge is 0.309 e. The topological polar surface area (TPSA) is 72.3 Å². The Labute approximate surface area is 369 Å². The molecule has 6 heteroatoms. The van der Waals surface area contributed by atoms with Crippen LogP contribution in [0.5, 0.6) is 0 Å². The van der Waals surface area contributed by atoms with Crippen molar-refractivity contribution in [3.63, 3.8) is 0 Å². The van der Waals surface area contributed by atoms with Crippen LogP contribution in [0.15, 0.2) is 218 Å². The van der Waals surface area contributed by atoms with Crippen LogP contribution < -0.4 is 0 Å². The number of hydrogen-bond donors (Lipinski definition) is 0. The van der Waals surface area contributed by atoms with Crippen molar-refractivity contribution in [2.75, 3.05) is 0 Å². The zero-order valence-corrected chi connectivity index (χ0v) is 34.5. The van der Waals surface area contributed by atoms with Crippen molar-refractivity contribution < 1.29 is 0 Å². The molecule has 0 spiro atoms. The summed E-state index contributed by atoms with van der Waals surface area (Å²) in [5.41, 5.74) is 14.1. The monoisotopic (exact) mass is 816 g/mol. The first-order chi connectivity index (χ1) is 31.7. The standard InChI is InChI=1S/C58H36N6/c59-37-38-24-32-54-49(34-38)47-20-10-12-22-52(47)64(54)45-30-33-55-50(35-45)48-21-11-13-23-53(48)63(55)44-29-31-46(41-16-6-2-7-17-41)51(36-44)58-61-56(42-18-8-3-9-19-42)60-57(62-58)43-27-25-40(26-28-43)39-14-4-1-5-15-39/h1-36H. The molecule has 64 heavy (non-hydrogen) atoms. The van der Waals surface area contributed by atoms with E-state index >= 15 is 0 Å². The first kappa shape index (κ1) is 36.9. The predicted octanol–water partition coefficient (Wildman–Crippen LogP) is 14.3. The van der Waals surface area contributed by atoms with Gasteiger partial charge in [-0.1, -0.05) is 158 Å². The number of nitrogens with zero attached hydrogens (tertiary/aromatic N) is 6. The Morgan fingerprint density at radius 1 is 0.312 bits per heavy atom. The highest BCUT2D eigenvalue weighted by Gasteiger charge is 2.21. The van der Waals surface area contributed by atoms with Crippen LogP contribution in [0.4, 0.5) is 0 Å². The Kier molecular flexibility index (Phi) is 8.77. The molecule has 0 amide bonds. The van der Waals surface area contributed by atoms with Crippen LogP contribution in [0.2, 0.25) is 0 Å². The molecule has 9 aromatic carbocycles. The molecule has 0 radical (unpaired) electrons. The van der Waals surface area contributed by atoms with Gasteiger partial charge in [0.05, 0.1) is 33.7 Å². The van der Waals surface area contributed by atoms with Crippen molar-refractivity contribution in [2.24, 2.45) is 0 Å². The summed E-state index contributed by atoms with van der Waals surface area (Å²) in [5, 5.41) is 14.2. The maximum atomic E-state index is 9.75. The molecule has 0 fully saturated rings. The van der Waals surface area contributed by atoms with E-state index in [9.17, 15) is 5.26 Å². The molecule has 3 aromatic heterocycles. The van der Waals surface area contributed by atoms with Gasteiger partial charge in [0, 0.05) is 49.6 Å². The minimum absolute atomic E-state index is 0.589. The summed E-state index contributed by atoms with van der Waals surface area (Å²) in [4.78, 5) is 15.6. The number of nitriles is 1. The maximum Gasteiger partial charge on any atom is 0.164 e. The second kappa shape index (κ2) is 15.2. The highest BCUT2D eigenvalue weighted by molar-refractivity contribution is 6.12. The first-order valence-corrected chi connectivity index (χ1v) is 21.3. The van der Waals surface area contributed by atoms with E-state index < -0.39 is 0 Å². The number of benzene rings is 9. The van der Waals surface area contributed by atoms with E-state index in [1.807, 2.05) is 54.6 Å². The van der Waals surface area contributed by atoms with Crippen LogP contribution in [-0.2, 0) is 0 Å². The molecule has 0 saturated carbocycles. The second-order valence-corrected chi connectivity index (χ2v) is 16.0. The fourth-order valence-corrected chi connectivity index (χ4v) is 9.21. The summed E-state index contributed by atoms with van der Waals surface area (Å²) >= 11 is 0. The Balaban J connectivity index is 1.06. The Hall–Kier alpha value is -8.92. The summed E-state index contributed by atoms with van der Waals surface area (Å²) in [6, 6.07) is 78.1. The van der Waals surface area contributed by atoms with E-state index in [0.29, 0.717) is 23.0 Å². The number of hydrogen-bond acceptors (Lipinski definition) is 4. The molecule has 12 rings (SSSR count). The molecule has 0 aliphatic carbocycles. The molecule has 6 nitrogen and oxygen atoms in total. The van der Waals surface area contributed by atoms with E-state index in [2.05, 4.69) is 179 Å². The SMILES string of the molecule is N#Cc1ccc2c(c1)c1ccccc1n2-c1ccc2c(c1)c1ccccc1n2-c1ccc(-c2ccccc2)c(-c2nc(-c3ccccc3)nc(-c3ccc(-c4ccccc4)cc3)n2)c1. The molecule has 0 unspecified atom stereocenters. The third-order valence-corrected chi connectivity index (χ3v) is 12.2. The third kappa shape index (κ3) is 6.22. The Morgan fingerprint density at radius 3 is 1.38 bits per heavy atom. The fourth-order valence-electron chi connectivity index (χ4n) is 9.21. The summed E-state index contributed by atoms with van der Waals surface area (Å²) in [6.45, 7) is 0. The van der Waals surface area contributed by atoms with Crippen LogP contribution in [0.3, 0.4) is 0 Å². The van der Waals surface area contributed by atoms with Crippen LogP contribution in [-0.4, -0.2) is 24.1 Å². The summed E-state index contributed by atoms with van der Waals surface area (Å²) < 4.78 is 4.66. The average Bonchev–Trinajstić information content (AvgIpc) is 3.89. The molecule has 0 bridgehead atoms. The van der Waals surface area contributed by atoms with Crippen LogP contribution >= 0.6 is 0 Å². The molecule has 0 saturated heterocycles.